The molecule has 1 heterocycles. The maximum atomic E-state index is 5.97. The van der Waals surface area contributed by atoms with E-state index in [4.69, 9.17) is 5.73 Å². The highest BCUT2D eigenvalue weighted by atomic mass is 127. The number of nitrogens with one attached hydrogen (secondary N) is 1. The topological polar surface area (TPSA) is 56.9 Å². The number of anilines is 2. The number of hydrogen-bond donors (Lipinski definition) is 2. The van der Waals surface area contributed by atoms with E-state index in [0.717, 1.165) is 57.8 Å². The number of nitrogens with zero attached hydrogens (tertiary/aromatic N) is 3. The molecular formula is C23H34IN5. The van der Waals surface area contributed by atoms with Crippen LogP contribution in [-0.2, 0) is 0 Å². The van der Waals surface area contributed by atoms with Crippen molar-refractivity contribution in [3.63, 3.8) is 0 Å². The number of piperazine rings is 1. The molecule has 2 aromatic carbocycles. The molecule has 0 aromatic heterocycles. The highest BCUT2D eigenvalue weighted by Gasteiger charge is 2.16. The lowest BCUT2D eigenvalue weighted by atomic mass is 10.2. The predicted molar refractivity (Wildman–Crippen MR) is 136 cm³/mol. The molecule has 6 heteroatoms. The summed E-state index contributed by atoms with van der Waals surface area (Å²) in [7, 11) is 0. The first-order valence-electron chi connectivity index (χ1n) is 10.3. The van der Waals surface area contributed by atoms with Gasteiger partial charge in [-0.15, -0.1) is 24.0 Å². The Balaban J connectivity index is 0.00000300. The predicted octanol–water partition coefficient (Wildman–Crippen LogP) is 4.25. The maximum absolute atomic E-state index is 5.97. The first-order valence-corrected chi connectivity index (χ1v) is 10.3. The smallest absolute Gasteiger partial charge is 0.193 e. The van der Waals surface area contributed by atoms with Gasteiger partial charge in [0.2, 0.25) is 0 Å². The van der Waals surface area contributed by atoms with Crippen LogP contribution in [-0.4, -0.2) is 50.1 Å². The third-order valence-electron chi connectivity index (χ3n) is 5.23. The van der Waals surface area contributed by atoms with Gasteiger partial charge in [-0.3, -0.25) is 9.89 Å². The Kier molecular flexibility index (Phi) is 9.73. The van der Waals surface area contributed by atoms with Gasteiger partial charge >= 0.3 is 0 Å². The fraction of sp³-hybridized carbons (Fsp3) is 0.435. The lowest BCUT2D eigenvalue weighted by Crippen LogP contribution is -2.46. The summed E-state index contributed by atoms with van der Waals surface area (Å²) in [6, 6.07) is 17.0. The summed E-state index contributed by atoms with van der Waals surface area (Å²) in [6.07, 6.45) is 2.22. The van der Waals surface area contributed by atoms with Gasteiger partial charge in [0.15, 0.2) is 5.96 Å². The van der Waals surface area contributed by atoms with E-state index in [-0.39, 0.29) is 24.0 Å². The fourth-order valence-electron chi connectivity index (χ4n) is 3.53. The van der Waals surface area contributed by atoms with Gasteiger partial charge in [0, 0.05) is 44.1 Å². The number of benzene rings is 2. The van der Waals surface area contributed by atoms with Gasteiger partial charge in [0.05, 0.1) is 0 Å². The van der Waals surface area contributed by atoms with Gasteiger partial charge in [-0.25, -0.2) is 0 Å². The van der Waals surface area contributed by atoms with Crippen LogP contribution in [0.25, 0.3) is 0 Å². The van der Waals surface area contributed by atoms with Crippen LogP contribution in [0.4, 0.5) is 11.4 Å². The van der Waals surface area contributed by atoms with Gasteiger partial charge in [-0.2, -0.15) is 0 Å². The quantitative estimate of drug-likeness (QED) is 0.255. The Morgan fingerprint density at radius 3 is 2.38 bits per heavy atom. The first kappa shape index (κ1) is 23.5. The summed E-state index contributed by atoms with van der Waals surface area (Å²) in [4.78, 5) is 9.49. The lowest BCUT2D eigenvalue weighted by molar-refractivity contribution is 0.253. The second kappa shape index (κ2) is 12.0. The van der Waals surface area contributed by atoms with Gasteiger partial charge in [0.25, 0.3) is 0 Å². The third-order valence-corrected chi connectivity index (χ3v) is 5.23. The molecule has 29 heavy (non-hydrogen) atoms. The number of halogens is 1. The number of rotatable bonds is 7. The summed E-state index contributed by atoms with van der Waals surface area (Å²) in [5.74, 6) is 0.496. The number of unbranched alkanes of at least 4 members (excludes halogenated alkanes) is 1. The Labute approximate surface area is 192 Å². The van der Waals surface area contributed by atoms with Crippen molar-refractivity contribution in [1.82, 2.24) is 4.90 Å². The Morgan fingerprint density at radius 1 is 0.966 bits per heavy atom. The molecule has 2 aromatic rings. The van der Waals surface area contributed by atoms with Gasteiger partial charge < -0.3 is 16.0 Å². The summed E-state index contributed by atoms with van der Waals surface area (Å²) in [5.41, 5.74) is 10.9. The number of nitrogens with two attached hydrogens (primary N) is 1. The molecule has 0 atom stereocenters. The molecule has 1 fully saturated rings. The number of aryl methyl sites for hydroxylation is 2. The van der Waals surface area contributed by atoms with Crippen molar-refractivity contribution in [3.05, 3.63) is 59.7 Å². The average molecular weight is 507 g/mol. The Bertz CT molecular complexity index is 767. The van der Waals surface area contributed by atoms with Crippen LogP contribution in [0, 0.1) is 13.8 Å². The first-order chi connectivity index (χ1) is 13.6. The standard InChI is InChI=1S/C23H33N5.HI/c1-19-8-10-21(11-9-19)26-23(24)25-12-3-4-13-27-14-16-28(17-15-27)22-7-5-6-20(2)18-22;/h5-11,18H,3-4,12-17H2,1-2H3,(H3,24,25,26);1H. The molecule has 0 radical (unpaired) electrons. The van der Waals surface area contributed by atoms with Gasteiger partial charge in [0.1, 0.15) is 0 Å². The van der Waals surface area contributed by atoms with Crippen molar-refractivity contribution in [3.8, 4) is 0 Å². The van der Waals surface area contributed by atoms with E-state index >= 15 is 0 Å². The molecule has 3 rings (SSSR count). The molecule has 1 aliphatic heterocycles. The molecule has 1 saturated heterocycles. The molecule has 3 N–H and O–H groups in total. The number of guanidine groups is 1. The zero-order chi connectivity index (χ0) is 19.8. The minimum absolute atomic E-state index is 0. The van der Waals surface area contributed by atoms with Crippen LogP contribution < -0.4 is 16.0 Å². The molecule has 0 bridgehead atoms. The SMILES string of the molecule is Cc1ccc(NC(N)=NCCCCN2CCN(c3cccc(C)c3)CC2)cc1.I. The molecule has 0 saturated carbocycles. The monoisotopic (exact) mass is 507 g/mol. The molecule has 158 valence electrons. The average Bonchev–Trinajstić information content (AvgIpc) is 2.70. The number of hydrogen-bond acceptors (Lipinski definition) is 3. The van der Waals surface area contributed by atoms with Crippen LogP contribution in [0.15, 0.2) is 53.5 Å². The van der Waals surface area contributed by atoms with Crippen molar-refractivity contribution in [2.24, 2.45) is 10.7 Å². The molecule has 0 aliphatic carbocycles. The van der Waals surface area contributed by atoms with E-state index in [9.17, 15) is 0 Å². The zero-order valence-corrected chi connectivity index (χ0v) is 19.9. The van der Waals surface area contributed by atoms with E-state index < -0.39 is 0 Å². The second-order valence-corrected chi connectivity index (χ2v) is 7.63. The molecule has 0 amide bonds. The fourth-order valence-corrected chi connectivity index (χ4v) is 3.53. The summed E-state index contributed by atoms with van der Waals surface area (Å²) in [6.45, 7) is 10.6. The molecule has 5 nitrogen and oxygen atoms in total. The highest BCUT2D eigenvalue weighted by Crippen LogP contribution is 2.18. The van der Waals surface area contributed by atoms with E-state index in [1.54, 1.807) is 0 Å². The maximum Gasteiger partial charge on any atom is 0.193 e. The molecule has 0 spiro atoms. The zero-order valence-electron chi connectivity index (χ0n) is 17.6. The van der Waals surface area contributed by atoms with E-state index in [1.807, 2.05) is 12.1 Å². The van der Waals surface area contributed by atoms with Crippen molar-refractivity contribution < 1.29 is 0 Å². The van der Waals surface area contributed by atoms with Crippen molar-refractivity contribution in [1.29, 1.82) is 0 Å². The second-order valence-electron chi connectivity index (χ2n) is 7.63. The summed E-state index contributed by atoms with van der Waals surface area (Å²) >= 11 is 0. The largest absolute Gasteiger partial charge is 0.370 e. The minimum Gasteiger partial charge on any atom is -0.370 e. The van der Waals surface area contributed by atoms with Crippen LogP contribution in [0.3, 0.4) is 0 Å². The van der Waals surface area contributed by atoms with Crippen molar-refractivity contribution >= 4 is 41.3 Å². The minimum atomic E-state index is 0. The third kappa shape index (κ3) is 7.85. The lowest BCUT2D eigenvalue weighted by Gasteiger charge is -2.36. The van der Waals surface area contributed by atoms with E-state index in [0.29, 0.717) is 5.96 Å². The normalized spacial score (nSPS) is 15.1. The van der Waals surface area contributed by atoms with Crippen LogP contribution in [0.5, 0.6) is 0 Å². The van der Waals surface area contributed by atoms with E-state index in [2.05, 4.69) is 70.4 Å². The van der Waals surface area contributed by atoms with Crippen LogP contribution >= 0.6 is 24.0 Å². The number of aliphatic imine (C=N–C) groups is 1. The molecule has 0 unspecified atom stereocenters. The molecular weight excluding hydrogens is 473 g/mol. The van der Waals surface area contributed by atoms with Crippen LogP contribution in [0.2, 0.25) is 0 Å². The van der Waals surface area contributed by atoms with E-state index in [1.165, 1.54) is 16.8 Å². The Morgan fingerprint density at radius 2 is 1.69 bits per heavy atom. The van der Waals surface area contributed by atoms with Gasteiger partial charge in [-0.1, -0.05) is 29.8 Å². The highest BCUT2D eigenvalue weighted by molar-refractivity contribution is 14.0. The van der Waals surface area contributed by atoms with Crippen molar-refractivity contribution in [2.75, 3.05) is 49.5 Å². The summed E-state index contributed by atoms with van der Waals surface area (Å²) in [5, 5.41) is 3.15. The summed E-state index contributed by atoms with van der Waals surface area (Å²) < 4.78 is 0. The van der Waals surface area contributed by atoms with Crippen molar-refractivity contribution in [2.45, 2.75) is 26.7 Å². The molecule has 1 aliphatic rings. The van der Waals surface area contributed by atoms with Gasteiger partial charge in [-0.05, 0) is 63.1 Å². The Hall–Kier alpha value is -1.80. The van der Waals surface area contributed by atoms with Crippen LogP contribution in [0.1, 0.15) is 24.0 Å².